The first-order chi connectivity index (χ1) is 18.9. The number of nitrogens with one attached hydrogen (secondary N) is 2. The normalized spacial score (nSPS) is 24.4. The lowest BCUT2D eigenvalue weighted by Crippen LogP contribution is -2.53. The molecular formula is C30H36ClN5O4. The van der Waals surface area contributed by atoms with Crippen molar-refractivity contribution in [3.05, 3.63) is 63.6 Å². The van der Waals surface area contributed by atoms with E-state index in [-0.39, 0.29) is 47.5 Å². The molecule has 3 unspecified atom stereocenters. The maximum atomic E-state index is 13.7. The molecule has 1 saturated heterocycles. The van der Waals surface area contributed by atoms with Gasteiger partial charge in [-0.25, -0.2) is 5.10 Å². The summed E-state index contributed by atoms with van der Waals surface area (Å²) in [7, 11) is 0. The Morgan fingerprint density at radius 2 is 1.98 bits per heavy atom. The molecule has 5 atom stereocenters. The van der Waals surface area contributed by atoms with Gasteiger partial charge in [-0.05, 0) is 82.6 Å². The Balaban J connectivity index is 1.47. The number of alkyl halides is 1. The zero-order valence-corrected chi connectivity index (χ0v) is 24.3. The molecule has 1 fully saturated rings. The van der Waals surface area contributed by atoms with Crippen LogP contribution in [-0.4, -0.2) is 50.9 Å². The van der Waals surface area contributed by atoms with Gasteiger partial charge < -0.3 is 15.0 Å². The summed E-state index contributed by atoms with van der Waals surface area (Å²) < 4.78 is 5.74. The average molecular weight is 566 g/mol. The highest BCUT2D eigenvalue weighted by Gasteiger charge is 2.48. The van der Waals surface area contributed by atoms with Crippen LogP contribution in [0.25, 0.3) is 0 Å². The number of benzene rings is 1. The standard InChI is InChI=1S/C30H36ClN5O4/c1-17-6-8-21(31)14-22(17)23-9-11-26(30(4,5)16-32)36(23)27(37)15-33-28(38)20-7-10-24(18(2)12-20)40-25-13-19(3)34-35-29(25)39/h6-8,10,12-13,17,21-23,26H,9,11,14-15H2,1-5H3,(H,33,38)(H,35,39)/t17?,21?,22?,23-,26+/m0/s1. The minimum atomic E-state index is -0.732. The van der Waals surface area contributed by atoms with E-state index in [4.69, 9.17) is 16.3 Å². The van der Waals surface area contributed by atoms with Gasteiger partial charge in [0.05, 0.1) is 35.1 Å². The Kier molecular flexibility index (Phi) is 8.69. The van der Waals surface area contributed by atoms with Crippen molar-refractivity contribution in [2.75, 3.05) is 6.54 Å². The molecule has 2 N–H and O–H groups in total. The summed E-state index contributed by atoms with van der Waals surface area (Å²) in [6.07, 6.45) is 6.40. The van der Waals surface area contributed by atoms with E-state index >= 15 is 0 Å². The van der Waals surface area contributed by atoms with Gasteiger partial charge in [0, 0.05) is 17.7 Å². The first-order valence-electron chi connectivity index (χ1n) is 13.6. The van der Waals surface area contributed by atoms with Crippen LogP contribution in [0.4, 0.5) is 0 Å². The van der Waals surface area contributed by atoms with Crippen molar-refractivity contribution in [1.82, 2.24) is 20.4 Å². The largest absolute Gasteiger partial charge is 0.451 e. The number of carbonyl (C=O) groups excluding carboxylic acids is 2. The highest BCUT2D eigenvalue weighted by Crippen LogP contribution is 2.43. The van der Waals surface area contributed by atoms with E-state index in [0.29, 0.717) is 22.6 Å². The lowest BCUT2D eigenvalue weighted by molar-refractivity contribution is -0.136. The molecule has 40 heavy (non-hydrogen) atoms. The predicted molar refractivity (Wildman–Crippen MR) is 152 cm³/mol. The Hall–Kier alpha value is -3.64. The molecule has 0 spiro atoms. The van der Waals surface area contributed by atoms with E-state index in [1.807, 2.05) is 24.8 Å². The molecule has 2 aromatic rings. The minimum Gasteiger partial charge on any atom is -0.451 e. The zero-order chi connectivity index (χ0) is 29.2. The fraction of sp³-hybridized carbons (Fsp3) is 0.500. The molecule has 9 nitrogen and oxygen atoms in total. The summed E-state index contributed by atoms with van der Waals surface area (Å²) >= 11 is 6.46. The monoisotopic (exact) mass is 565 g/mol. The van der Waals surface area contributed by atoms with Crippen LogP contribution in [-0.2, 0) is 4.79 Å². The summed E-state index contributed by atoms with van der Waals surface area (Å²) in [5, 5.41) is 18.8. The van der Waals surface area contributed by atoms with Crippen LogP contribution in [0.1, 0.15) is 61.6 Å². The van der Waals surface area contributed by atoms with Crippen molar-refractivity contribution in [3.63, 3.8) is 0 Å². The fourth-order valence-corrected chi connectivity index (χ4v) is 6.12. The van der Waals surface area contributed by atoms with Crippen LogP contribution in [0.3, 0.4) is 0 Å². The quantitative estimate of drug-likeness (QED) is 0.372. The summed E-state index contributed by atoms with van der Waals surface area (Å²) in [4.78, 5) is 40.6. The number of ether oxygens (including phenoxy) is 1. The van der Waals surface area contributed by atoms with Crippen LogP contribution >= 0.6 is 11.6 Å². The number of likely N-dealkylation sites (tertiary alicyclic amines) is 1. The Morgan fingerprint density at radius 1 is 1.23 bits per heavy atom. The molecular weight excluding hydrogens is 530 g/mol. The van der Waals surface area contributed by atoms with Gasteiger partial charge in [0.2, 0.25) is 5.91 Å². The zero-order valence-electron chi connectivity index (χ0n) is 23.5. The predicted octanol–water partition coefficient (Wildman–Crippen LogP) is 4.64. The van der Waals surface area contributed by atoms with Gasteiger partial charge in [-0.1, -0.05) is 19.1 Å². The lowest BCUT2D eigenvalue weighted by atomic mass is 9.79. The number of rotatable bonds is 7. The van der Waals surface area contributed by atoms with Crippen molar-refractivity contribution in [3.8, 4) is 17.6 Å². The third-order valence-electron chi connectivity index (χ3n) is 8.08. The molecule has 0 bridgehead atoms. The number of H-pyrrole nitrogens is 1. The smallest absolute Gasteiger partial charge is 0.307 e. The molecule has 2 aliphatic rings. The fourth-order valence-electron chi connectivity index (χ4n) is 5.83. The number of hydrogen-bond acceptors (Lipinski definition) is 6. The number of allylic oxidation sites excluding steroid dienone is 2. The molecule has 4 rings (SSSR count). The molecule has 2 amide bonds. The van der Waals surface area contributed by atoms with E-state index in [1.54, 1.807) is 32.0 Å². The summed E-state index contributed by atoms with van der Waals surface area (Å²) in [6, 6.07) is 8.46. The number of nitriles is 1. The van der Waals surface area contributed by atoms with Crippen molar-refractivity contribution < 1.29 is 14.3 Å². The van der Waals surface area contributed by atoms with Crippen LogP contribution in [0.2, 0.25) is 0 Å². The third-order valence-corrected chi connectivity index (χ3v) is 8.41. The van der Waals surface area contributed by atoms with Crippen molar-refractivity contribution >= 4 is 23.4 Å². The van der Waals surface area contributed by atoms with Crippen LogP contribution in [0.15, 0.2) is 41.2 Å². The third kappa shape index (κ3) is 6.23. The summed E-state index contributed by atoms with van der Waals surface area (Å²) in [5.41, 5.74) is 0.428. The highest BCUT2D eigenvalue weighted by atomic mass is 35.5. The van der Waals surface area contributed by atoms with Crippen LogP contribution in [0.5, 0.6) is 11.5 Å². The number of carbonyl (C=O) groups is 2. The first-order valence-corrected chi connectivity index (χ1v) is 14.0. The maximum absolute atomic E-state index is 13.7. The van der Waals surface area contributed by atoms with Gasteiger partial charge >= 0.3 is 5.56 Å². The SMILES string of the molecule is Cc1cc(Oc2ccc(C(=O)NCC(=O)N3[C@H](C4CC(Cl)C=CC4C)CC[C@@H]3C(C)(C)C#N)cc2C)c(=O)[nH]n1. The topological polar surface area (TPSA) is 128 Å². The molecule has 0 radical (unpaired) electrons. The molecule has 0 saturated carbocycles. The van der Waals surface area contributed by atoms with Crippen molar-refractivity contribution in [2.24, 2.45) is 17.3 Å². The average Bonchev–Trinajstić information content (AvgIpc) is 3.37. The van der Waals surface area contributed by atoms with Crippen LogP contribution < -0.4 is 15.6 Å². The summed E-state index contributed by atoms with van der Waals surface area (Å²) in [6.45, 7) is 9.19. The maximum Gasteiger partial charge on any atom is 0.307 e. The van der Waals surface area contributed by atoms with E-state index in [0.717, 1.165) is 19.3 Å². The second-order valence-electron chi connectivity index (χ2n) is 11.4. The number of nitrogens with zero attached hydrogens (tertiary/aromatic N) is 3. The van der Waals surface area contributed by atoms with Gasteiger partial charge in [-0.3, -0.25) is 14.4 Å². The Labute approximate surface area is 239 Å². The van der Waals surface area contributed by atoms with Gasteiger partial charge in [0.25, 0.3) is 5.91 Å². The van der Waals surface area contributed by atoms with E-state index in [9.17, 15) is 19.6 Å². The Morgan fingerprint density at radius 3 is 2.67 bits per heavy atom. The minimum absolute atomic E-state index is 0.0538. The molecule has 10 heteroatoms. The van der Waals surface area contributed by atoms with Gasteiger partial charge in [-0.2, -0.15) is 10.4 Å². The van der Waals surface area contributed by atoms with E-state index in [2.05, 4.69) is 34.6 Å². The molecule has 1 aromatic carbocycles. The van der Waals surface area contributed by atoms with Crippen molar-refractivity contribution in [1.29, 1.82) is 5.26 Å². The number of aromatic amines is 1. The molecule has 212 valence electrons. The number of halogens is 1. The van der Waals surface area contributed by atoms with E-state index in [1.165, 1.54) is 6.07 Å². The van der Waals surface area contributed by atoms with Crippen molar-refractivity contribution in [2.45, 2.75) is 71.3 Å². The second kappa shape index (κ2) is 11.8. The highest BCUT2D eigenvalue weighted by molar-refractivity contribution is 6.21. The number of amides is 2. The number of aromatic nitrogens is 2. The van der Waals surface area contributed by atoms with Gasteiger partial charge in [-0.15, -0.1) is 11.6 Å². The van der Waals surface area contributed by atoms with E-state index < -0.39 is 16.9 Å². The van der Waals surface area contributed by atoms with Gasteiger partial charge in [0.1, 0.15) is 5.75 Å². The van der Waals surface area contributed by atoms with Gasteiger partial charge in [0.15, 0.2) is 5.75 Å². The molecule has 2 heterocycles. The molecule has 1 aliphatic heterocycles. The summed E-state index contributed by atoms with van der Waals surface area (Å²) in [5.74, 6) is 0.362. The van der Waals surface area contributed by atoms with Crippen LogP contribution in [0, 0.1) is 42.4 Å². The molecule has 1 aliphatic carbocycles. The molecule has 1 aromatic heterocycles. The Bertz CT molecular complexity index is 1410. The second-order valence-corrected chi connectivity index (χ2v) is 12.0. The number of hydrogen-bond donors (Lipinski definition) is 2. The lowest BCUT2D eigenvalue weighted by Gasteiger charge is -2.41. The first kappa shape index (κ1) is 29.3. The number of aryl methyl sites for hydroxylation is 2.